The first-order chi connectivity index (χ1) is 7.89. The molecule has 4 nitrogen and oxygen atoms in total. The van der Waals surface area contributed by atoms with Crippen LogP contribution >= 0.6 is 0 Å². The number of alkyl halides is 3. The van der Waals surface area contributed by atoms with Gasteiger partial charge in [0.05, 0.1) is 30.2 Å². The van der Waals surface area contributed by atoms with Crippen molar-refractivity contribution in [3.8, 4) is 0 Å². The largest absolute Gasteiger partial charge is 0.522 e. The Labute approximate surface area is 97.5 Å². The van der Waals surface area contributed by atoms with Crippen molar-refractivity contribution >= 4 is 5.69 Å². The molecule has 1 aromatic rings. The zero-order valence-electron chi connectivity index (χ0n) is 9.84. The van der Waals surface area contributed by atoms with E-state index < -0.39 is 13.0 Å². The van der Waals surface area contributed by atoms with E-state index in [1.54, 1.807) is 0 Å². The first-order valence-electron chi connectivity index (χ1n) is 5.43. The highest BCUT2D eigenvalue weighted by Crippen LogP contribution is 2.19. The summed E-state index contributed by atoms with van der Waals surface area (Å²) >= 11 is 0. The van der Waals surface area contributed by atoms with Crippen LogP contribution in [0.3, 0.4) is 0 Å². The zero-order valence-corrected chi connectivity index (χ0v) is 9.84. The molecule has 0 saturated carbocycles. The first-order valence-corrected chi connectivity index (χ1v) is 5.43. The van der Waals surface area contributed by atoms with Crippen molar-refractivity contribution in [3.63, 3.8) is 0 Å². The van der Waals surface area contributed by atoms with Gasteiger partial charge in [-0.2, -0.15) is 5.10 Å². The summed E-state index contributed by atoms with van der Waals surface area (Å²) in [6.07, 6.45) is -3.31. The van der Waals surface area contributed by atoms with E-state index in [1.807, 2.05) is 13.8 Å². The lowest BCUT2D eigenvalue weighted by atomic mass is 10.2. The normalized spacial score (nSPS) is 12.1. The second-order valence-corrected chi connectivity index (χ2v) is 3.53. The Balaban J connectivity index is 2.70. The van der Waals surface area contributed by atoms with Crippen molar-refractivity contribution in [3.05, 3.63) is 11.4 Å². The molecule has 1 rings (SSSR count). The van der Waals surface area contributed by atoms with Gasteiger partial charge in [0.15, 0.2) is 0 Å². The van der Waals surface area contributed by atoms with Crippen molar-refractivity contribution in [2.24, 2.45) is 0 Å². The molecule has 0 bridgehead atoms. The third-order valence-corrected chi connectivity index (χ3v) is 2.41. The number of anilines is 1. The molecule has 7 heteroatoms. The van der Waals surface area contributed by atoms with Crippen LogP contribution in [0.5, 0.6) is 0 Å². The van der Waals surface area contributed by atoms with Crippen LogP contribution in [0.4, 0.5) is 18.9 Å². The molecule has 0 spiro atoms. The minimum absolute atomic E-state index is 0.0485. The topological polar surface area (TPSA) is 53.1 Å². The van der Waals surface area contributed by atoms with Gasteiger partial charge in [-0.05, 0) is 12.8 Å². The number of rotatable bonds is 5. The number of nitrogens with zero attached hydrogens (tertiary/aromatic N) is 2. The van der Waals surface area contributed by atoms with Crippen LogP contribution < -0.4 is 5.73 Å². The molecule has 0 aliphatic heterocycles. The zero-order chi connectivity index (χ0) is 13.1. The van der Waals surface area contributed by atoms with Crippen molar-refractivity contribution in [1.29, 1.82) is 0 Å². The monoisotopic (exact) mass is 251 g/mol. The van der Waals surface area contributed by atoms with E-state index in [-0.39, 0.29) is 6.54 Å². The van der Waals surface area contributed by atoms with Gasteiger partial charge in [-0.1, -0.05) is 13.8 Å². The molecule has 2 N–H and O–H groups in total. The van der Waals surface area contributed by atoms with E-state index in [4.69, 9.17) is 5.73 Å². The minimum atomic E-state index is -4.60. The van der Waals surface area contributed by atoms with Crippen LogP contribution in [0.1, 0.15) is 25.2 Å². The summed E-state index contributed by atoms with van der Waals surface area (Å²) in [5.74, 6) is 0. The van der Waals surface area contributed by atoms with Crippen molar-refractivity contribution in [1.82, 2.24) is 9.78 Å². The predicted molar refractivity (Wildman–Crippen MR) is 57.4 cm³/mol. The maximum Gasteiger partial charge on any atom is 0.522 e. The van der Waals surface area contributed by atoms with E-state index in [1.165, 1.54) is 4.68 Å². The summed E-state index contributed by atoms with van der Waals surface area (Å²) in [7, 11) is 0. The van der Waals surface area contributed by atoms with Crippen LogP contribution in [0, 0.1) is 0 Å². The van der Waals surface area contributed by atoms with Gasteiger partial charge in [-0.25, -0.2) is 0 Å². The highest BCUT2D eigenvalue weighted by Gasteiger charge is 2.28. The van der Waals surface area contributed by atoms with Crippen LogP contribution in [-0.4, -0.2) is 22.7 Å². The van der Waals surface area contributed by atoms with Crippen LogP contribution in [0.25, 0.3) is 0 Å². The van der Waals surface area contributed by atoms with Crippen LogP contribution in [0.2, 0.25) is 0 Å². The molecule has 0 aliphatic rings. The highest BCUT2D eigenvalue weighted by atomic mass is 19.4. The van der Waals surface area contributed by atoms with E-state index >= 15 is 0 Å². The van der Waals surface area contributed by atoms with Crippen molar-refractivity contribution in [2.45, 2.75) is 39.6 Å². The van der Waals surface area contributed by atoms with Gasteiger partial charge in [0.1, 0.15) is 0 Å². The number of hydrogen-bond donors (Lipinski definition) is 1. The fraction of sp³-hybridized carbons (Fsp3) is 0.700. The molecular formula is C10H16F3N3O. The maximum atomic E-state index is 11.8. The van der Waals surface area contributed by atoms with Gasteiger partial charge in [-0.3, -0.25) is 9.42 Å². The van der Waals surface area contributed by atoms with Gasteiger partial charge in [-0.15, -0.1) is 13.2 Å². The fourth-order valence-electron chi connectivity index (χ4n) is 1.63. The Kier molecular flexibility index (Phi) is 4.39. The number of nitrogens with two attached hydrogens (primary N) is 1. The Bertz CT molecular complexity index is 374. The summed E-state index contributed by atoms with van der Waals surface area (Å²) in [5.41, 5.74) is 7.88. The van der Waals surface area contributed by atoms with Crippen LogP contribution in [-0.2, 0) is 24.1 Å². The average molecular weight is 251 g/mol. The molecule has 0 aliphatic carbocycles. The molecule has 1 heterocycles. The van der Waals surface area contributed by atoms with Gasteiger partial charge in [0, 0.05) is 0 Å². The molecule has 1 aromatic heterocycles. The summed E-state index contributed by atoms with van der Waals surface area (Å²) in [4.78, 5) is 0. The van der Waals surface area contributed by atoms with E-state index in [9.17, 15) is 13.2 Å². The van der Waals surface area contributed by atoms with Gasteiger partial charge in [0.25, 0.3) is 0 Å². The molecule has 0 fully saturated rings. The SMILES string of the molecule is CCc1nn(CCOC(F)(F)F)c(CC)c1N. The minimum Gasteiger partial charge on any atom is -0.396 e. The molecule has 0 saturated heterocycles. The molecule has 0 atom stereocenters. The average Bonchev–Trinajstić information content (AvgIpc) is 2.53. The Morgan fingerprint density at radius 3 is 2.41 bits per heavy atom. The van der Waals surface area contributed by atoms with Crippen LogP contribution in [0.15, 0.2) is 0 Å². The Hall–Kier alpha value is -1.24. The van der Waals surface area contributed by atoms with Gasteiger partial charge in [0.2, 0.25) is 0 Å². The molecular weight excluding hydrogens is 235 g/mol. The molecule has 0 radical (unpaired) electrons. The quantitative estimate of drug-likeness (QED) is 0.872. The molecule has 0 amide bonds. The number of halogens is 3. The third-order valence-electron chi connectivity index (χ3n) is 2.41. The summed E-state index contributed by atoms with van der Waals surface area (Å²) in [6, 6.07) is 0. The molecule has 98 valence electrons. The van der Waals surface area contributed by atoms with Gasteiger partial charge >= 0.3 is 6.36 Å². The smallest absolute Gasteiger partial charge is 0.396 e. The Morgan fingerprint density at radius 2 is 1.94 bits per heavy atom. The lowest BCUT2D eigenvalue weighted by molar-refractivity contribution is -0.325. The number of nitrogen functional groups attached to an aromatic ring is 1. The van der Waals surface area contributed by atoms with Crippen molar-refractivity contribution in [2.75, 3.05) is 12.3 Å². The summed E-state index contributed by atoms with van der Waals surface area (Å²) in [5, 5.41) is 4.16. The molecule has 17 heavy (non-hydrogen) atoms. The lowest BCUT2D eigenvalue weighted by Crippen LogP contribution is -2.18. The predicted octanol–water partition coefficient (Wildman–Crippen LogP) is 2.13. The Morgan fingerprint density at radius 1 is 1.29 bits per heavy atom. The standard InChI is InChI=1S/C10H16F3N3O/c1-3-7-9(14)8(4-2)16(15-7)5-6-17-10(11,12)13/h3-6,14H2,1-2H3. The molecule has 0 aromatic carbocycles. The summed E-state index contributed by atoms with van der Waals surface area (Å²) in [6.45, 7) is 3.37. The first kappa shape index (κ1) is 13.8. The van der Waals surface area contributed by atoms with Crippen molar-refractivity contribution < 1.29 is 17.9 Å². The van der Waals surface area contributed by atoms with E-state index in [0.717, 1.165) is 5.69 Å². The third kappa shape index (κ3) is 3.62. The summed E-state index contributed by atoms with van der Waals surface area (Å²) < 4.78 is 40.6. The van der Waals surface area contributed by atoms with E-state index in [0.29, 0.717) is 24.2 Å². The van der Waals surface area contributed by atoms with Gasteiger partial charge < -0.3 is 5.73 Å². The molecule has 0 unspecified atom stereocenters. The lowest BCUT2D eigenvalue weighted by Gasteiger charge is -2.09. The second kappa shape index (κ2) is 5.39. The van der Waals surface area contributed by atoms with E-state index in [2.05, 4.69) is 9.84 Å². The second-order valence-electron chi connectivity index (χ2n) is 3.53. The number of hydrogen-bond acceptors (Lipinski definition) is 3. The number of ether oxygens (including phenoxy) is 1. The highest BCUT2D eigenvalue weighted by molar-refractivity contribution is 5.48. The number of aryl methyl sites for hydroxylation is 1. The maximum absolute atomic E-state index is 11.8. The fourth-order valence-corrected chi connectivity index (χ4v) is 1.63. The number of aromatic nitrogens is 2.